The zero-order valence-corrected chi connectivity index (χ0v) is 22.1. The average Bonchev–Trinajstić information content (AvgIpc) is 3.51. The van der Waals surface area contributed by atoms with Gasteiger partial charge in [0, 0.05) is 40.3 Å². The van der Waals surface area contributed by atoms with Crippen LogP contribution in [0.25, 0.3) is 0 Å². The summed E-state index contributed by atoms with van der Waals surface area (Å²) < 4.78 is 19.5. The van der Waals surface area contributed by atoms with Crippen LogP contribution in [0, 0.1) is 11.3 Å². The number of benzene rings is 1. The van der Waals surface area contributed by atoms with Crippen LogP contribution >= 0.6 is 11.3 Å². The molecule has 1 N–H and O–H groups in total. The van der Waals surface area contributed by atoms with Gasteiger partial charge in [-0.25, -0.2) is 0 Å². The molecule has 8 rings (SSSR count). The Labute approximate surface area is 212 Å². The first-order valence-corrected chi connectivity index (χ1v) is 14.1. The minimum absolute atomic E-state index is 0.0164. The second-order valence-corrected chi connectivity index (χ2v) is 13.1. The third-order valence-corrected chi connectivity index (χ3v) is 12.0. The van der Waals surface area contributed by atoms with E-state index in [9.17, 15) is 5.11 Å². The van der Waals surface area contributed by atoms with Gasteiger partial charge in [-0.2, -0.15) is 0 Å². The van der Waals surface area contributed by atoms with Crippen molar-refractivity contribution in [2.75, 3.05) is 27.8 Å². The Morgan fingerprint density at radius 3 is 2.83 bits per heavy atom. The van der Waals surface area contributed by atoms with Crippen LogP contribution in [0.1, 0.15) is 55.0 Å². The Morgan fingerprint density at radius 1 is 1.23 bits per heavy atom. The summed E-state index contributed by atoms with van der Waals surface area (Å²) in [6, 6.07) is 9.11. The highest BCUT2D eigenvalue weighted by molar-refractivity contribution is 7.09. The van der Waals surface area contributed by atoms with E-state index < -0.39 is 11.2 Å². The van der Waals surface area contributed by atoms with Crippen LogP contribution in [0.5, 0.6) is 11.5 Å². The summed E-state index contributed by atoms with van der Waals surface area (Å²) in [4.78, 5) is 3.94. The molecule has 188 valence electrons. The van der Waals surface area contributed by atoms with Crippen molar-refractivity contribution >= 4 is 11.3 Å². The van der Waals surface area contributed by atoms with Crippen LogP contribution in [0.15, 0.2) is 29.6 Å². The lowest BCUT2D eigenvalue weighted by Gasteiger charge is -2.74. The molecule has 2 aliphatic heterocycles. The molecule has 5 nitrogen and oxygen atoms in total. The number of nitrogens with zero attached hydrogens (tertiary/aromatic N) is 1. The normalized spacial score (nSPS) is 40.2. The SMILES string of the molecule is COc1ccc2c3c1O[C@H]1[C@]4(OC)CC[C@@]5(CC4[C@](C)(O)CCc4cccs4)[C@@H](C2)N(C)CC[C@]315. The van der Waals surface area contributed by atoms with Crippen LogP contribution < -0.4 is 9.47 Å². The minimum Gasteiger partial charge on any atom is -0.493 e. The van der Waals surface area contributed by atoms with Gasteiger partial charge < -0.3 is 24.2 Å². The molecule has 6 heteroatoms. The number of aryl methyl sites for hydroxylation is 1. The van der Waals surface area contributed by atoms with E-state index >= 15 is 0 Å². The van der Waals surface area contributed by atoms with Crippen molar-refractivity contribution in [1.29, 1.82) is 0 Å². The van der Waals surface area contributed by atoms with Crippen molar-refractivity contribution in [3.05, 3.63) is 45.6 Å². The number of likely N-dealkylation sites (N-methyl/N-ethyl adjacent to an activating group) is 1. The molecule has 2 aromatic rings. The van der Waals surface area contributed by atoms with Crippen LogP contribution in [0.4, 0.5) is 0 Å². The molecule has 4 bridgehead atoms. The lowest BCUT2D eigenvalue weighted by Crippen LogP contribution is -2.82. The number of rotatable bonds is 6. The van der Waals surface area contributed by atoms with Gasteiger partial charge in [-0.1, -0.05) is 12.1 Å². The van der Waals surface area contributed by atoms with E-state index in [1.54, 1.807) is 18.4 Å². The molecule has 0 radical (unpaired) electrons. The van der Waals surface area contributed by atoms with Crippen molar-refractivity contribution in [3.63, 3.8) is 0 Å². The molecule has 1 unspecified atom stereocenters. The van der Waals surface area contributed by atoms with Gasteiger partial charge in [0.05, 0.1) is 12.7 Å². The van der Waals surface area contributed by atoms with Crippen molar-refractivity contribution < 1.29 is 19.3 Å². The lowest BCUT2D eigenvalue weighted by atomic mass is 9.33. The molecule has 3 saturated carbocycles. The predicted molar refractivity (Wildman–Crippen MR) is 137 cm³/mol. The van der Waals surface area contributed by atoms with E-state index in [4.69, 9.17) is 14.2 Å². The summed E-state index contributed by atoms with van der Waals surface area (Å²) >= 11 is 1.78. The Balaban J connectivity index is 1.40. The number of aliphatic hydroxyl groups is 1. The zero-order chi connectivity index (χ0) is 24.2. The fourth-order valence-corrected chi connectivity index (χ4v) is 10.3. The highest BCUT2D eigenvalue weighted by atomic mass is 32.1. The molecule has 4 aliphatic carbocycles. The number of ether oxygens (including phenoxy) is 3. The number of hydrogen-bond acceptors (Lipinski definition) is 6. The maximum absolute atomic E-state index is 12.2. The number of piperidine rings is 1. The van der Waals surface area contributed by atoms with Crippen LogP contribution in [-0.4, -0.2) is 61.2 Å². The van der Waals surface area contributed by atoms with E-state index in [2.05, 4.69) is 48.5 Å². The molecule has 1 saturated heterocycles. The fraction of sp³-hybridized carbons (Fsp3) is 0.655. The van der Waals surface area contributed by atoms with Crippen LogP contribution in [0.2, 0.25) is 0 Å². The van der Waals surface area contributed by atoms with Gasteiger partial charge in [-0.15, -0.1) is 11.3 Å². The number of methoxy groups -OCH3 is 2. The molecule has 0 amide bonds. The summed E-state index contributed by atoms with van der Waals surface area (Å²) in [5, 5.41) is 14.3. The average molecular weight is 496 g/mol. The minimum atomic E-state index is -0.843. The molecule has 6 aliphatic rings. The first-order valence-electron chi connectivity index (χ1n) is 13.2. The second kappa shape index (κ2) is 7.25. The van der Waals surface area contributed by atoms with Gasteiger partial charge in [0.2, 0.25) is 0 Å². The number of thiophene rings is 1. The van der Waals surface area contributed by atoms with Gasteiger partial charge >= 0.3 is 0 Å². The van der Waals surface area contributed by atoms with Crippen molar-refractivity contribution in [2.24, 2.45) is 11.3 Å². The van der Waals surface area contributed by atoms with Crippen molar-refractivity contribution in [2.45, 2.75) is 80.6 Å². The lowest BCUT2D eigenvalue weighted by molar-refractivity contribution is -0.301. The van der Waals surface area contributed by atoms with Gasteiger partial charge in [0.1, 0.15) is 11.7 Å². The van der Waals surface area contributed by atoms with E-state index in [0.29, 0.717) is 6.04 Å². The van der Waals surface area contributed by atoms with Gasteiger partial charge in [-0.05, 0) is 88.5 Å². The Hall–Kier alpha value is -1.60. The molecular formula is C29H37NO4S. The first kappa shape index (κ1) is 22.6. The quantitative estimate of drug-likeness (QED) is 0.636. The molecule has 3 heterocycles. The smallest absolute Gasteiger partial charge is 0.165 e. The molecule has 2 spiro atoms. The summed E-state index contributed by atoms with van der Waals surface area (Å²) in [5.41, 5.74) is 1.47. The van der Waals surface area contributed by atoms with Gasteiger partial charge in [0.25, 0.3) is 0 Å². The summed E-state index contributed by atoms with van der Waals surface area (Å²) in [6.45, 7) is 3.13. The highest BCUT2D eigenvalue weighted by Gasteiger charge is 2.81. The van der Waals surface area contributed by atoms with Crippen LogP contribution in [0.3, 0.4) is 0 Å². The van der Waals surface area contributed by atoms with Gasteiger partial charge in [0.15, 0.2) is 11.5 Å². The predicted octanol–water partition coefficient (Wildman–Crippen LogP) is 4.58. The third-order valence-electron chi connectivity index (χ3n) is 11.0. The zero-order valence-electron chi connectivity index (χ0n) is 21.3. The Morgan fingerprint density at radius 2 is 2.09 bits per heavy atom. The number of likely N-dealkylation sites (tertiary alicyclic amines) is 1. The molecule has 1 aromatic carbocycles. The highest BCUT2D eigenvalue weighted by Crippen LogP contribution is 2.77. The third kappa shape index (κ3) is 2.55. The summed E-state index contributed by atoms with van der Waals surface area (Å²) in [5.74, 6) is 1.80. The fourth-order valence-electron chi connectivity index (χ4n) is 9.57. The van der Waals surface area contributed by atoms with Crippen molar-refractivity contribution in [3.8, 4) is 11.5 Å². The first-order chi connectivity index (χ1) is 16.8. The molecule has 1 aromatic heterocycles. The van der Waals surface area contributed by atoms with Gasteiger partial charge in [-0.3, -0.25) is 0 Å². The maximum Gasteiger partial charge on any atom is 0.165 e. The molecule has 4 fully saturated rings. The number of fused-ring (bicyclic) bond motifs is 2. The monoisotopic (exact) mass is 495 g/mol. The second-order valence-electron chi connectivity index (χ2n) is 12.1. The molecule has 35 heavy (non-hydrogen) atoms. The van der Waals surface area contributed by atoms with E-state index in [0.717, 1.165) is 63.0 Å². The van der Waals surface area contributed by atoms with Crippen LogP contribution in [-0.2, 0) is 23.0 Å². The summed E-state index contributed by atoms with van der Waals surface area (Å²) in [6.07, 6.45) is 6.71. The summed E-state index contributed by atoms with van der Waals surface area (Å²) in [7, 11) is 5.91. The maximum atomic E-state index is 12.2. The Kier molecular flexibility index (Phi) is 4.68. The van der Waals surface area contributed by atoms with E-state index in [1.165, 1.54) is 16.0 Å². The number of hydrogen-bond donors (Lipinski definition) is 1. The Bertz CT molecular complexity index is 1160. The molecular weight excluding hydrogens is 458 g/mol. The van der Waals surface area contributed by atoms with Crippen molar-refractivity contribution in [1.82, 2.24) is 4.90 Å². The molecule has 7 atom stereocenters. The standard InChI is InChI=1S/C29H37NO4S/c1-26(31,10-9-19-6-5-15-35-19)21-17-27-11-12-29(21,33-4)25-28(27)13-14-30(2)22(27)16-18-7-8-20(32-3)24(34-25)23(18)28/h5-8,15,21-22,25,31H,9-14,16-17H2,1-4H3/t21?,22-,25-,26-,27-,28+,29+/m1/s1. The van der Waals surface area contributed by atoms with E-state index in [1.807, 2.05) is 7.11 Å². The van der Waals surface area contributed by atoms with E-state index in [-0.39, 0.29) is 22.9 Å². The topological polar surface area (TPSA) is 51.2 Å². The largest absolute Gasteiger partial charge is 0.493 e.